The quantitative estimate of drug-likeness (QED) is 0.467. The maximum atomic E-state index is 12.7. The molecule has 0 saturated heterocycles. The zero-order valence-corrected chi connectivity index (χ0v) is 19.1. The van der Waals surface area contributed by atoms with E-state index in [0.29, 0.717) is 17.1 Å². The topological polar surface area (TPSA) is 110 Å². The molecule has 2 amide bonds. The van der Waals surface area contributed by atoms with E-state index >= 15 is 0 Å². The van der Waals surface area contributed by atoms with Gasteiger partial charge in [-0.3, -0.25) is 14.3 Å². The maximum absolute atomic E-state index is 12.7. The van der Waals surface area contributed by atoms with Crippen molar-refractivity contribution in [2.45, 2.75) is 5.24 Å². The lowest BCUT2D eigenvalue weighted by atomic mass is 9.49. The Morgan fingerprint density at radius 1 is 1.18 bits per heavy atom. The van der Waals surface area contributed by atoms with Crippen molar-refractivity contribution >= 4 is 63.6 Å². The lowest BCUT2D eigenvalue weighted by Crippen LogP contribution is -2.50. The Labute approximate surface area is 199 Å². The molecule has 2 aromatic heterocycles. The number of ether oxygens (including phenoxy) is 1. The van der Waals surface area contributed by atoms with E-state index in [1.165, 1.54) is 19.4 Å². The number of aromatic nitrogens is 3. The van der Waals surface area contributed by atoms with Crippen LogP contribution >= 0.6 is 11.8 Å². The van der Waals surface area contributed by atoms with Crippen LogP contribution in [0.5, 0.6) is 5.75 Å². The van der Waals surface area contributed by atoms with Gasteiger partial charge in [0.1, 0.15) is 5.82 Å². The lowest BCUT2D eigenvalue weighted by Gasteiger charge is -2.23. The summed E-state index contributed by atoms with van der Waals surface area (Å²) in [6.07, 6.45) is 4.59. The Balaban J connectivity index is 2.07. The molecule has 6 radical (unpaired) electrons. The molecule has 3 rings (SSSR count). The zero-order valence-electron chi connectivity index (χ0n) is 18.2. The van der Waals surface area contributed by atoms with Crippen LogP contribution in [0.2, 0.25) is 0 Å². The van der Waals surface area contributed by atoms with Crippen LogP contribution < -0.4 is 20.7 Å². The average Bonchev–Trinajstić information content (AvgIpc) is 3.18. The van der Waals surface area contributed by atoms with Crippen LogP contribution in [0.1, 0.15) is 10.4 Å². The highest BCUT2D eigenvalue weighted by Gasteiger charge is 2.21. The minimum atomic E-state index is -1.93. The highest BCUT2D eigenvalue weighted by Crippen LogP contribution is 2.38. The molecule has 0 spiro atoms. The molecular weight excluding hydrogens is 437 g/mol. The van der Waals surface area contributed by atoms with Gasteiger partial charge in [0.05, 0.1) is 53.3 Å². The summed E-state index contributed by atoms with van der Waals surface area (Å²) in [6, 6.07) is 8.85. The molecule has 9 nitrogen and oxygen atoms in total. The molecule has 0 aliphatic heterocycles. The minimum Gasteiger partial charge on any atom is -0.494 e. The van der Waals surface area contributed by atoms with Crippen molar-refractivity contribution in [2.75, 3.05) is 24.0 Å². The first-order valence-corrected chi connectivity index (χ1v) is 10.8. The predicted octanol–water partition coefficient (Wildman–Crippen LogP) is 1.98. The van der Waals surface area contributed by atoms with Gasteiger partial charge in [0.2, 0.25) is 0 Å². The van der Waals surface area contributed by atoms with Gasteiger partial charge in [-0.1, -0.05) is 23.1 Å². The van der Waals surface area contributed by atoms with Crippen molar-refractivity contribution in [3.63, 3.8) is 0 Å². The highest BCUT2D eigenvalue weighted by molar-refractivity contribution is 8.13. The van der Waals surface area contributed by atoms with Gasteiger partial charge in [0, 0.05) is 31.1 Å². The van der Waals surface area contributed by atoms with Crippen molar-refractivity contribution < 1.29 is 14.3 Å². The van der Waals surface area contributed by atoms with Gasteiger partial charge in [-0.15, -0.1) is 0 Å². The molecule has 0 fully saturated rings. The first kappa shape index (κ1) is 24.3. The molecule has 0 atom stereocenters. The molecule has 0 saturated carbocycles. The molecule has 162 valence electrons. The third-order valence-electron chi connectivity index (χ3n) is 4.48. The fourth-order valence-electron chi connectivity index (χ4n) is 3.07. The number of nitrogens with one attached hydrogen (secondary N) is 3. The number of hydrogen-bond donors (Lipinski definition) is 3. The second-order valence-corrected chi connectivity index (χ2v) is 7.75. The van der Waals surface area contributed by atoms with E-state index in [9.17, 15) is 9.59 Å². The van der Waals surface area contributed by atoms with Gasteiger partial charge < -0.3 is 20.7 Å². The summed E-state index contributed by atoms with van der Waals surface area (Å²) >= 11 is 0.988. The number of carbonyl (C=O) groups excluding carboxylic acids is 2. The number of rotatable bonds is 7. The molecule has 0 aliphatic rings. The van der Waals surface area contributed by atoms with Gasteiger partial charge in [-0.2, -0.15) is 5.10 Å². The van der Waals surface area contributed by atoms with Gasteiger partial charge in [0.25, 0.3) is 11.1 Å². The zero-order chi connectivity index (χ0) is 24.2. The Morgan fingerprint density at radius 3 is 2.55 bits per heavy atom. The first-order chi connectivity index (χ1) is 15.6. The highest BCUT2D eigenvalue weighted by atomic mass is 32.2. The second kappa shape index (κ2) is 10.1. The van der Waals surface area contributed by atoms with Gasteiger partial charge >= 0.3 is 0 Å². The van der Waals surface area contributed by atoms with E-state index < -0.39 is 11.1 Å². The Hall–Kier alpha value is -3.34. The van der Waals surface area contributed by atoms with Crippen molar-refractivity contribution in [1.82, 2.24) is 20.1 Å². The van der Waals surface area contributed by atoms with E-state index in [-0.39, 0.29) is 16.6 Å². The maximum Gasteiger partial charge on any atom is 0.284 e. The molecule has 3 aromatic rings. The number of amides is 2. The summed E-state index contributed by atoms with van der Waals surface area (Å²) in [5, 5.41) is 10.0. The Kier molecular flexibility index (Phi) is 7.42. The largest absolute Gasteiger partial charge is 0.494 e. The molecule has 2 heterocycles. The summed E-state index contributed by atoms with van der Waals surface area (Å²) in [5.74, 6) is 0.0847. The van der Waals surface area contributed by atoms with Crippen molar-refractivity contribution in [3.05, 3.63) is 48.3 Å². The third kappa shape index (κ3) is 5.92. The number of hydrogen-bond acceptors (Lipinski definition) is 7. The van der Waals surface area contributed by atoms with Crippen LogP contribution in [0.4, 0.5) is 22.0 Å². The van der Waals surface area contributed by atoms with E-state index in [1.54, 1.807) is 23.2 Å². The van der Waals surface area contributed by atoms with Crippen LogP contribution in [-0.4, -0.2) is 68.1 Å². The molecule has 0 bridgehead atoms. The number of benzene rings is 1. The summed E-state index contributed by atoms with van der Waals surface area (Å²) in [6.45, 7) is 0. The smallest absolute Gasteiger partial charge is 0.284 e. The van der Waals surface area contributed by atoms with Crippen LogP contribution in [0.15, 0.2) is 42.7 Å². The minimum absolute atomic E-state index is 0.0934. The molecule has 0 unspecified atom stereocenters. The lowest BCUT2D eigenvalue weighted by molar-refractivity contribution is 0.0953. The summed E-state index contributed by atoms with van der Waals surface area (Å²) in [7, 11) is 19.9. The molecule has 3 N–H and O–H groups in total. The average molecular weight is 456 g/mol. The number of carbonyl (C=O) groups is 2. The van der Waals surface area contributed by atoms with Crippen LogP contribution in [0.3, 0.4) is 0 Å². The summed E-state index contributed by atoms with van der Waals surface area (Å²) < 4.78 is 7.38. The second-order valence-electron chi connectivity index (χ2n) is 6.97. The number of methoxy groups -OCH3 is 1. The molecule has 13 heteroatoms. The van der Waals surface area contributed by atoms with Crippen molar-refractivity contribution in [3.8, 4) is 17.0 Å². The monoisotopic (exact) mass is 456 g/mol. The number of aryl methyl sites for hydroxylation is 1. The Morgan fingerprint density at radius 2 is 1.94 bits per heavy atom. The number of anilines is 3. The molecule has 1 aromatic carbocycles. The third-order valence-corrected chi connectivity index (χ3v) is 4.95. The van der Waals surface area contributed by atoms with E-state index in [2.05, 4.69) is 26.0 Å². The number of para-hydroxylation sites is 1. The van der Waals surface area contributed by atoms with Crippen molar-refractivity contribution in [1.29, 1.82) is 0 Å². The van der Waals surface area contributed by atoms with Gasteiger partial charge in [-0.05, 0) is 24.5 Å². The van der Waals surface area contributed by atoms with E-state index in [1.807, 2.05) is 25.2 Å². The van der Waals surface area contributed by atoms with Crippen LogP contribution in [0, 0.1) is 0 Å². The predicted molar refractivity (Wildman–Crippen MR) is 133 cm³/mol. The molecule has 33 heavy (non-hydrogen) atoms. The molecule has 0 aliphatic carbocycles. The molecular formula is C20H19B3N6O3S. The Bertz CT molecular complexity index is 1180. The van der Waals surface area contributed by atoms with Gasteiger partial charge in [-0.25, -0.2) is 4.98 Å². The fourth-order valence-corrected chi connectivity index (χ4v) is 3.27. The van der Waals surface area contributed by atoms with E-state index in [4.69, 9.17) is 28.3 Å². The fraction of sp³-hybridized carbons (Fsp3) is 0.200. The SMILES string of the molecule is [B]C([B])([B])NC(=O)c1cnc(NC(=O)SC)cc1Nc1cccc(-c2ccnn2C)c1OC. The van der Waals surface area contributed by atoms with Crippen LogP contribution in [0.25, 0.3) is 11.3 Å². The summed E-state index contributed by atoms with van der Waals surface area (Å²) in [4.78, 5) is 28.7. The van der Waals surface area contributed by atoms with E-state index in [0.717, 1.165) is 23.0 Å². The number of thioether (sulfide) groups is 1. The van der Waals surface area contributed by atoms with Crippen LogP contribution in [-0.2, 0) is 7.05 Å². The number of pyridine rings is 1. The standard InChI is InChI=1S/C20H19B3N6O3S/c1-29-15(7-8-25-29)11-5-4-6-13(17(11)32-2)26-14-9-16(27-19(31)33-3)24-10-12(14)18(30)28-20(21,22)23/h4-10H,1-3H3,(H,28,30)(H2,24,26,27,31). The van der Waals surface area contributed by atoms with Crippen molar-refractivity contribution in [2.24, 2.45) is 7.05 Å². The first-order valence-electron chi connectivity index (χ1n) is 9.59. The number of nitrogens with zero attached hydrogens (tertiary/aromatic N) is 3. The summed E-state index contributed by atoms with van der Waals surface area (Å²) in [5.41, 5.74) is 2.57. The van der Waals surface area contributed by atoms with Gasteiger partial charge in [0.15, 0.2) is 5.75 Å². The normalized spacial score (nSPS) is 11.0.